The summed E-state index contributed by atoms with van der Waals surface area (Å²) in [5.74, 6) is -0.233. The topological polar surface area (TPSA) is 61.9 Å². The van der Waals surface area contributed by atoms with Crippen molar-refractivity contribution in [2.45, 2.75) is 52.1 Å². The molecule has 6 nitrogen and oxygen atoms in total. The molecule has 2 amide bonds. The van der Waals surface area contributed by atoms with E-state index >= 15 is 0 Å². The smallest absolute Gasteiger partial charge is 0.410 e. The molecule has 0 saturated carbocycles. The van der Waals surface area contributed by atoms with Gasteiger partial charge in [0.1, 0.15) is 5.60 Å². The zero-order valence-corrected chi connectivity index (χ0v) is 16.7. The fourth-order valence-electron chi connectivity index (χ4n) is 3.68. The number of piperidine rings is 1. The molecule has 1 N–H and O–H groups in total. The summed E-state index contributed by atoms with van der Waals surface area (Å²) in [6.45, 7) is 8.76. The van der Waals surface area contributed by atoms with Gasteiger partial charge in [0.15, 0.2) is 0 Å². The van der Waals surface area contributed by atoms with Crippen LogP contribution in [-0.2, 0) is 9.53 Å². The van der Waals surface area contributed by atoms with Gasteiger partial charge >= 0.3 is 6.09 Å². The summed E-state index contributed by atoms with van der Waals surface area (Å²) < 4.78 is 5.45. The molecule has 2 aliphatic rings. The zero-order chi connectivity index (χ0) is 19.4. The first-order valence-corrected chi connectivity index (χ1v) is 9.96. The van der Waals surface area contributed by atoms with E-state index in [0.717, 1.165) is 37.3 Å². The number of likely N-dealkylation sites (tertiary alicyclic amines) is 1. The second-order valence-electron chi connectivity index (χ2n) is 8.50. The molecule has 27 heavy (non-hydrogen) atoms. The van der Waals surface area contributed by atoms with Gasteiger partial charge in [-0.1, -0.05) is 6.07 Å². The number of carbonyl (C=O) groups excluding carboxylic acids is 2. The van der Waals surface area contributed by atoms with Crippen molar-refractivity contribution in [1.29, 1.82) is 0 Å². The molecule has 0 radical (unpaired) electrons. The third kappa shape index (κ3) is 5.37. The summed E-state index contributed by atoms with van der Waals surface area (Å²) in [7, 11) is 0. The summed E-state index contributed by atoms with van der Waals surface area (Å²) in [6.07, 6.45) is 3.71. The van der Waals surface area contributed by atoms with Crippen molar-refractivity contribution in [3.63, 3.8) is 0 Å². The maximum Gasteiger partial charge on any atom is 0.410 e. The molecule has 0 aromatic heterocycles. The number of rotatable bonds is 3. The molecule has 2 aliphatic heterocycles. The van der Waals surface area contributed by atoms with Gasteiger partial charge in [0.05, 0.1) is 5.92 Å². The number of benzene rings is 1. The lowest BCUT2D eigenvalue weighted by Gasteiger charge is -2.33. The summed E-state index contributed by atoms with van der Waals surface area (Å²) in [5.41, 5.74) is 1.45. The van der Waals surface area contributed by atoms with Crippen molar-refractivity contribution in [3.05, 3.63) is 24.3 Å². The third-order valence-electron chi connectivity index (χ3n) is 5.03. The average Bonchev–Trinajstić information content (AvgIpc) is 3.15. The van der Waals surface area contributed by atoms with Gasteiger partial charge in [0, 0.05) is 37.6 Å². The van der Waals surface area contributed by atoms with E-state index in [1.165, 1.54) is 12.8 Å². The minimum absolute atomic E-state index is 0.0261. The minimum atomic E-state index is -0.525. The van der Waals surface area contributed by atoms with E-state index in [1.54, 1.807) is 4.90 Å². The maximum atomic E-state index is 12.7. The van der Waals surface area contributed by atoms with Gasteiger partial charge in [-0.15, -0.1) is 0 Å². The summed E-state index contributed by atoms with van der Waals surface area (Å²) in [5, 5.41) is 3.04. The molecular weight excluding hydrogens is 342 g/mol. The van der Waals surface area contributed by atoms with Crippen molar-refractivity contribution >= 4 is 23.4 Å². The molecule has 0 aliphatic carbocycles. The van der Waals surface area contributed by atoms with Crippen molar-refractivity contribution in [2.24, 2.45) is 5.92 Å². The van der Waals surface area contributed by atoms with Gasteiger partial charge in [-0.25, -0.2) is 4.79 Å². The molecule has 3 rings (SSSR count). The van der Waals surface area contributed by atoms with Gasteiger partial charge in [-0.3, -0.25) is 4.79 Å². The molecule has 148 valence electrons. The van der Waals surface area contributed by atoms with Crippen LogP contribution < -0.4 is 10.2 Å². The minimum Gasteiger partial charge on any atom is -0.444 e. The fourth-order valence-corrected chi connectivity index (χ4v) is 3.68. The van der Waals surface area contributed by atoms with Crippen LogP contribution >= 0.6 is 0 Å². The van der Waals surface area contributed by atoms with Crippen LogP contribution in [-0.4, -0.2) is 48.7 Å². The van der Waals surface area contributed by atoms with E-state index in [1.807, 2.05) is 39.0 Å². The SMILES string of the molecule is CC(C)(C)OC(=O)N1CCCC(C(=O)Nc2cccc(N3CCCC3)c2)C1. The molecule has 1 unspecified atom stereocenters. The van der Waals surface area contributed by atoms with Gasteiger partial charge in [-0.05, 0) is 64.7 Å². The van der Waals surface area contributed by atoms with Crippen LogP contribution in [0.1, 0.15) is 46.5 Å². The number of carbonyl (C=O) groups is 2. The number of nitrogens with zero attached hydrogens (tertiary/aromatic N) is 2. The first-order valence-electron chi connectivity index (χ1n) is 9.96. The molecule has 1 atom stereocenters. The Morgan fingerprint density at radius 1 is 1.11 bits per heavy atom. The Hall–Kier alpha value is -2.24. The highest BCUT2D eigenvalue weighted by atomic mass is 16.6. The number of hydrogen-bond acceptors (Lipinski definition) is 4. The molecule has 6 heteroatoms. The van der Waals surface area contributed by atoms with E-state index in [-0.39, 0.29) is 17.9 Å². The Kier molecular flexibility index (Phi) is 5.92. The molecule has 2 saturated heterocycles. The van der Waals surface area contributed by atoms with Crippen LogP contribution in [0.4, 0.5) is 16.2 Å². The highest BCUT2D eigenvalue weighted by molar-refractivity contribution is 5.93. The van der Waals surface area contributed by atoms with Crippen molar-refractivity contribution in [2.75, 3.05) is 36.4 Å². The van der Waals surface area contributed by atoms with Crippen molar-refractivity contribution < 1.29 is 14.3 Å². The van der Waals surface area contributed by atoms with Gasteiger partial charge in [0.25, 0.3) is 0 Å². The predicted octanol–water partition coefficient (Wildman–Crippen LogP) is 3.87. The highest BCUT2D eigenvalue weighted by Crippen LogP contribution is 2.25. The molecule has 1 aromatic carbocycles. The Bertz CT molecular complexity index is 677. The Balaban J connectivity index is 1.59. The fraction of sp³-hybridized carbons (Fsp3) is 0.619. The summed E-state index contributed by atoms with van der Waals surface area (Å²) in [4.78, 5) is 29.0. The summed E-state index contributed by atoms with van der Waals surface area (Å²) >= 11 is 0. The largest absolute Gasteiger partial charge is 0.444 e. The maximum absolute atomic E-state index is 12.7. The quantitative estimate of drug-likeness (QED) is 0.874. The highest BCUT2D eigenvalue weighted by Gasteiger charge is 2.31. The molecule has 1 aromatic rings. The molecular formula is C21H31N3O3. The monoisotopic (exact) mass is 373 g/mol. The number of amides is 2. The number of ether oxygens (including phenoxy) is 1. The third-order valence-corrected chi connectivity index (χ3v) is 5.03. The standard InChI is InChI=1S/C21H31N3O3/c1-21(2,3)27-20(26)24-13-7-8-16(15-24)19(25)22-17-9-6-10-18(14-17)23-11-4-5-12-23/h6,9-10,14,16H,4-5,7-8,11-13,15H2,1-3H3,(H,22,25). The zero-order valence-electron chi connectivity index (χ0n) is 16.7. The Morgan fingerprint density at radius 3 is 2.56 bits per heavy atom. The van der Waals surface area contributed by atoms with Crippen LogP contribution in [0.5, 0.6) is 0 Å². The molecule has 0 spiro atoms. The van der Waals surface area contributed by atoms with Crippen LogP contribution in [0, 0.1) is 5.92 Å². The van der Waals surface area contributed by atoms with E-state index in [2.05, 4.69) is 16.3 Å². The van der Waals surface area contributed by atoms with E-state index in [4.69, 9.17) is 4.74 Å². The Labute approximate surface area is 161 Å². The van der Waals surface area contributed by atoms with Crippen molar-refractivity contribution in [3.8, 4) is 0 Å². The average molecular weight is 373 g/mol. The van der Waals surface area contributed by atoms with E-state index in [0.29, 0.717) is 13.1 Å². The molecule has 0 bridgehead atoms. The van der Waals surface area contributed by atoms with Crippen LogP contribution in [0.2, 0.25) is 0 Å². The van der Waals surface area contributed by atoms with E-state index < -0.39 is 5.60 Å². The van der Waals surface area contributed by atoms with Gasteiger partial charge < -0.3 is 19.9 Å². The predicted molar refractivity (Wildman–Crippen MR) is 107 cm³/mol. The lowest BCUT2D eigenvalue weighted by Crippen LogP contribution is -2.45. The number of anilines is 2. The van der Waals surface area contributed by atoms with E-state index in [9.17, 15) is 9.59 Å². The Morgan fingerprint density at radius 2 is 1.85 bits per heavy atom. The van der Waals surface area contributed by atoms with Crippen LogP contribution in [0.3, 0.4) is 0 Å². The summed E-state index contributed by atoms with van der Waals surface area (Å²) in [6, 6.07) is 8.03. The van der Waals surface area contributed by atoms with Crippen LogP contribution in [0.15, 0.2) is 24.3 Å². The second-order valence-corrected chi connectivity index (χ2v) is 8.50. The van der Waals surface area contributed by atoms with Gasteiger partial charge in [0.2, 0.25) is 5.91 Å². The number of hydrogen-bond donors (Lipinski definition) is 1. The first-order chi connectivity index (χ1) is 12.8. The lowest BCUT2D eigenvalue weighted by atomic mass is 9.97. The normalized spacial score (nSPS) is 20.5. The van der Waals surface area contributed by atoms with Crippen molar-refractivity contribution in [1.82, 2.24) is 4.90 Å². The number of nitrogens with one attached hydrogen (secondary N) is 1. The van der Waals surface area contributed by atoms with Gasteiger partial charge in [-0.2, -0.15) is 0 Å². The first kappa shape index (κ1) is 19.5. The molecule has 2 heterocycles. The lowest BCUT2D eigenvalue weighted by molar-refractivity contribution is -0.121. The second kappa shape index (κ2) is 8.19. The van der Waals surface area contributed by atoms with Crippen LogP contribution in [0.25, 0.3) is 0 Å². The molecule has 2 fully saturated rings.